The quantitative estimate of drug-likeness (QED) is 0.139. The lowest BCUT2D eigenvalue weighted by Crippen LogP contribution is -2.41. The van der Waals surface area contributed by atoms with Crippen LogP contribution in [0.5, 0.6) is 0 Å². The maximum Gasteiger partial charge on any atom is 0.236 e. The monoisotopic (exact) mass is 408 g/mol. The lowest BCUT2D eigenvalue weighted by molar-refractivity contribution is -0.123. The zero-order valence-electron chi connectivity index (χ0n) is 15.6. The van der Waals surface area contributed by atoms with Crippen molar-refractivity contribution in [2.45, 2.75) is 50.6 Å². The highest BCUT2D eigenvalue weighted by Crippen LogP contribution is 2.19. The number of rotatable bonds is 17. The van der Waals surface area contributed by atoms with Crippen LogP contribution in [0.1, 0.15) is 38.5 Å². The van der Waals surface area contributed by atoms with Crippen LogP contribution in [0.25, 0.3) is 0 Å². The van der Waals surface area contributed by atoms with Crippen molar-refractivity contribution in [3.8, 4) is 0 Å². The Bertz CT molecular complexity index is 343. The van der Waals surface area contributed by atoms with Gasteiger partial charge in [-0.25, -0.2) is 0 Å². The lowest BCUT2D eigenvalue weighted by atomic mass is 10.1. The molecule has 0 unspecified atom stereocenters. The predicted molar refractivity (Wildman–Crippen MR) is 113 cm³/mol. The van der Waals surface area contributed by atoms with Gasteiger partial charge >= 0.3 is 0 Å². The molecule has 0 aliphatic rings. The van der Waals surface area contributed by atoms with Gasteiger partial charge in [-0.3, -0.25) is 9.59 Å². The van der Waals surface area contributed by atoms with Gasteiger partial charge in [-0.1, -0.05) is 34.4 Å². The van der Waals surface area contributed by atoms with E-state index in [1.165, 1.54) is 0 Å². The second kappa shape index (κ2) is 17.9. The van der Waals surface area contributed by atoms with Crippen LogP contribution in [0.15, 0.2) is 0 Å². The Morgan fingerprint density at radius 3 is 1.46 bits per heavy atom. The summed E-state index contributed by atoms with van der Waals surface area (Å²) in [5.41, 5.74) is 22.4. The van der Waals surface area contributed by atoms with E-state index in [1.54, 1.807) is 21.6 Å². The van der Waals surface area contributed by atoms with Gasteiger partial charge in [0.1, 0.15) is 0 Å². The van der Waals surface area contributed by atoms with Gasteiger partial charge in [-0.15, -0.1) is 0 Å². The van der Waals surface area contributed by atoms with E-state index in [1.807, 2.05) is 0 Å². The third-order valence-corrected chi connectivity index (χ3v) is 6.07. The van der Waals surface area contributed by atoms with Gasteiger partial charge in [0.15, 0.2) is 0 Å². The molecule has 0 spiro atoms. The van der Waals surface area contributed by atoms with Crippen molar-refractivity contribution < 1.29 is 9.59 Å². The fraction of sp³-hybridized carbons (Fsp3) is 0.875. The molecule has 0 rings (SSSR count). The Morgan fingerprint density at radius 1 is 0.731 bits per heavy atom. The molecule has 0 aliphatic carbocycles. The molecule has 2 atom stereocenters. The van der Waals surface area contributed by atoms with Crippen LogP contribution in [0.4, 0.5) is 0 Å². The van der Waals surface area contributed by atoms with E-state index >= 15 is 0 Å². The minimum Gasteiger partial charge on any atom is -0.354 e. The Balaban J connectivity index is 3.50. The van der Waals surface area contributed by atoms with Gasteiger partial charge in [0.2, 0.25) is 11.8 Å². The summed E-state index contributed by atoms with van der Waals surface area (Å²) in [6, 6.07) is -0.910. The highest BCUT2D eigenvalue weighted by atomic mass is 33.1. The summed E-state index contributed by atoms with van der Waals surface area (Å²) in [4.78, 5) is 23.5. The fourth-order valence-corrected chi connectivity index (χ4v) is 3.90. The Labute approximate surface area is 165 Å². The normalized spacial score (nSPS) is 13.2. The molecule has 10 N–H and O–H groups in total. The van der Waals surface area contributed by atoms with Crippen LogP contribution in [0, 0.1) is 0 Å². The molecule has 8 nitrogen and oxygen atoms in total. The molecule has 0 heterocycles. The van der Waals surface area contributed by atoms with Crippen LogP contribution in [0.3, 0.4) is 0 Å². The number of nitrogens with one attached hydrogen (secondary N) is 2. The first-order chi connectivity index (χ1) is 12.5. The van der Waals surface area contributed by atoms with Crippen molar-refractivity contribution in [1.29, 1.82) is 0 Å². The van der Waals surface area contributed by atoms with Crippen LogP contribution in [-0.4, -0.2) is 61.6 Å². The van der Waals surface area contributed by atoms with E-state index in [4.69, 9.17) is 22.9 Å². The van der Waals surface area contributed by atoms with E-state index < -0.39 is 12.1 Å². The van der Waals surface area contributed by atoms with Gasteiger partial charge in [-0.2, -0.15) is 0 Å². The molecule has 0 bridgehead atoms. The Kier molecular flexibility index (Phi) is 17.5. The zero-order valence-corrected chi connectivity index (χ0v) is 17.2. The van der Waals surface area contributed by atoms with Gasteiger partial charge in [0.05, 0.1) is 12.1 Å². The minimum absolute atomic E-state index is 0.108. The molecule has 0 saturated heterocycles. The third-order valence-electron chi connectivity index (χ3n) is 3.66. The molecule has 26 heavy (non-hydrogen) atoms. The highest BCUT2D eigenvalue weighted by Gasteiger charge is 2.12. The summed E-state index contributed by atoms with van der Waals surface area (Å²) >= 11 is 0. The molecule has 0 saturated carbocycles. The molecule has 154 valence electrons. The van der Waals surface area contributed by atoms with Crippen molar-refractivity contribution >= 4 is 33.4 Å². The van der Waals surface area contributed by atoms with Gasteiger partial charge < -0.3 is 33.6 Å². The first-order valence-corrected chi connectivity index (χ1v) is 11.7. The van der Waals surface area contributed by atoms with Crippen LogP contribution in [-0.2, 0) is 9.59 Å². The summed E-state index contributed by atoms with van der Waals surface area (Å²) < 4.78 is 0. The summed E-state index contributed by atoms with van der Waals surface area (Å²) in [6.07, 6.45) is 4.86. The summed E-state index contributed by atoms with van der Waals surface area (Å²) in [7, 11) is 3.31. The topological polar surface area (TPSA) is 162 Å². The van der Waals surface area contributed by atoms with Crippen molar-refractivity contribution in [3.63, 3.8) is 0 Å². The summed E-state index contributed by atoms with van der Waals surface area (Å²) in [5, 5.41) is 5.67. The zero-order chi connectivity index (χ0) is 19.6. The Hall–Kier alpha value is -0.520. The molecule has 0 aliphatic heterocycles. The van der Waals surface area contributed by atoms with Gasteiger partial charge in [-0.05, 0) is 38.8 Å². The number of nitrogens with two attached hydrogens (primary N) is 4. The standard InChI is InChI=1S/C16H36N6O2S2/c17-7-3-1-5-13(19)15(23)21-9-11-25-26-12-10-22-16(24)14(20)6-2-4-8-18/h13-14H,1-12,17-20H2,(H,21,23)(H,22,24)/t13-,14-/m0/s1. The predicted octanol–water partition coefficient (Wildman–Crippen LogP) is -0.487. The first-order valence-electron chi connectivity index (χ1n) is 9.24. The number of carbonyl (C=O) groups excluding carboxylic acids is 2. The number of carbonyl (C=O) groups is 2. The third kappa shape index (κ3) is 14.6. The number of hydrogen-bond acceptors (Lipinski definition) is 8. The average Bonchev–Trinajstić information content (AvgIpc) is 2.63. The molecule has 0 aromatic heterocycles. The molecule has 0 aromatic carbocycles. The fourth-order valence-electron chi connectivity index (χ4n) is 2.09. The largest absolute Gasteiger partial charge is 0.354 e. The minimum atomic E-state index is -0.455. The summed E-state index contributed by atoms with van der Waals surface area (Å²) in [6.45, 7) is 2.42. The maximum absolute atomic E-state index is 11.8. The van der Waals surface area contributed by atoms with Crippen LogP contribution >= 0.6 is 21.6 Å². The highest BCUT2D eigenvalue weighted by molar-refractivity contribution is 8.76. The van der Waals surface area contributed by atoms with E-state index in [0.717, 1.165) is 37.2 Å². The summed E-state index contributed by atoms with van der Waals surface area (Å²) in [5.74, 6) is 1.36. The molecule has 0 aromatic rings. The number of unbranched alkanes of at least 4 members (excludes halogenated alkanes) is 2. The van der Waals surface area contributed by atoms with E-state index in [0.29, 0.717) is 39.0 Å². The first kappa shape index (κ1) is 25.5. The molecular formula is C16H36N6O2S2. The SMILES string of the molecule is NCCCC[C@H](N)C(=O)NCCSSCCNC(=O)[C@@H](N)CCCCN. The van der Waals surface area contributed by atoms with E-state index in [-0.39, 0.29) is 11.8 Å². The molecular weight excluding hydrogens is 372 g/mol. The molecule has 0 radical (unpaired) electrons. The molecule has 2 amide bonds. The molecule has 0 fully saturated rings. The lowest BCUT2D eigenvalue weighted by Gasteiger charge is -2.12. The van der Waals surface area contributed by atoms with E-state index in [9.17, 15) is 9.59 Å². The van der Waals surface area contributed by atoms with Crippen molar-refractivity contribution in [2.24, 2.45) is 22.9 Å². The van der Waals surface area contributed by atoms with Gasteiger partial charge in [0, 0.05) is 24.6 Å². The van der Waals surface area contributed by atoms with Crippen LogP contribution in [0.2, 0.25) is 0 Å². The van der Waals surface area contributed by atoms with Crippen molar-refractivity contribution in [1.82, 2.24) is 10.6 Å². The second-order valence-electron chi connectivity index (χ2n) is 6.01. The van der Waals surface area contributed by atoms with E-state index in [2.05, 4.69) is 10.6 Å². The van der Waals surface area contributed by atoms with Crippen LogP contribution < -0.4 is 33.6 Å². The maximum atomic E-state index is 11.8. The number of amides is 2. The number of hydrogen-bond donors (Lipinski definition) is 6. The van der Waals surface area contributed by atoms with Gasteiger partial charge in [0.25, 0.3) is 0 Å². The second-order valence-corrected chi connectivity index (χ2v) is 8.71. The Morgan fingerprint density at radius 2 is 1.12 bits per heavy atom. The average molecular weight is 409 g/mol. The van der Waals surface area contributed by atoms with Crippen molar-refractivity contribution in [3.05, 3.63) is 0 Å². The van der Waals surface area contributed by atoms with Crippen molar-refractivity contribution in [2.75, 3.05) is 37.7 Å². The smallest absolute Gasteiger partial charge is 0.236 e. The molecule has 10 heteroatoms.